The Balaban J connectivity index is 1.68. The molecule has 0 radical (unpaired) electrons. The van der Waals surface area contributed by atoms with Crippen molar-refractivity contribution in [3.8, 4) is 0 Å². The third-order valence-corrected chi connectivity index (χ3v) is 8.73. The molecule has 2 aromatic heterocycles. The predicted octanol–water partition coefficient (Wildman–Crippen LogP) is 4.35. The van der Waals surface area contributed by atoms with Crippen molar-refractivity contribution < 1.29 is 26.4 Å². The van der Waals surface area contributed by atoms with E-state index in [0.717, 1.165) is 12.5 Å². The maximum Gasteiger partial charge on any atom is 0.391 e. The van der Waals surface area contributed by atoms with Crippen LogP contribution in [0.15, 0.2) is 40.2 Å². The minimum absolute atomic E-state index is 0.0174. The molecule has 8 nitrogen and oxygen atoms in total. The molecular formula is C25H31F3N4O4S. The van der Waals surface area contributed by atoms with E-state index >= 15 is 0 Å². The minimum atomic E-state index is -4.46. The topological polar surface area (TPSA) is 112 Å². The van der Waals surface area contributed by atoms with Crippen LogP contribution in [0.1, 0.15) is 74.8 Å². The van der Waals surface area contributed by atoms with Gasteiger partial charge in [-0.05, 0) is 76.1 Å². The van der Waals surface area contributed by atoms with E-state index in [1.807, 2.05) is 23.5 Å². The number of anilines is 1. The molecule has 3 heterocycles. The monoisotopic (exact) mass is 540 g/mol. The number of carbonyl (C=O) groups is 1. The first kappa shape index (κ1) is 27.2. The fraction of sp³-hybridized carbons (Fsp3) is 0.560. The number of sulfonamides is 1. The van der Waals surface area contributed by atoms with Crippen LogP contribution in [-0.4, -0.2) is 42.6 Å². The number of nitrogens with zero attached hydrogens (tertiary/aromatic N) is 2. The van der Waals surface area contributed by atoms with Crippen LogP contribution < -0.4 is 15.2 Å². The van der Waals surface area contributed by atoms with Crippen molar-refractivity contribution in [1.29, 1.82) is 0 Å². The molecule has 2 N–H and O–H groups in total. The van der Waals surface area contributed by atoms with Crippen LogP contribution in [0.2, 0.25) is 0 Å². The van der Waals surface area contributed by atoms with Crippen LogP contribution in [-0.2, 0) is 10.0 Å². The van der Waals surface area contributed by atoms with Crippen molar-refractivity contribution >= 4 is 21.7 Å². The Hall–Kier alpha value is -2.89. The highest BCUT2D eigenvalue weighted by molar-refractivity contribution is 7.90. The summed E-state index contributed by atoms with van der Waals surface area (Å²) in [7, 11) is -4.46. The van der Waals surface area contributed by atoms with E-state index in [1.54, 1.807) is 6.07 Å². The van der Waals surface area contributed by atoms with Crippen molar-refractivity contribution in [1.82, 2.24) is 14.7 Å². The third kappa shape index (κ3) is 5.68. The van der Waals surface area contributed by atoms with E-state index in [4.69, 9.17) is 4.98 Å². The number of halogens is 3. The van der Waals surface area contributed by atoms with Crippen molar-refractivity contribution in [2.45, 2.75) is 75.4 Å². The van der Waals surface area contributed by atoms with E-state index in [9.17, 15) is 31.2 Å². The van der Waals surface area contributed by atoms with E-state index in [1.165, 1.54) is 18.3 Å². The molecule has 1 aliphatic heterocycles. The minimum Gasteiger partial charge on any atom is -0.351 e. The summed E-state index contributed by atoms with van der Waals surface area (Å²) in [6.45, 7) is 6.65. The quantitative estimate of drug-likeness (QED) is 0.583. The molecule has 0 bridgehead atoms. The zero-order valence-electron chi connectivity index (χ0n) is 20.9. The molecule has 1 atom stereocenters. The lowest BCUT2D eigenvalue weighted by Crippen LogP contribution is -2.41. The number of hydrogen-bond acceptors (Lipinski definition) is 6. The highest BCUT2D eigenvalue weighted by Crippen LogP contribution is 2.44. The van der Waals surface area contributed by atoms with Crippen LogP contribution in [0, 0.1) is 11.8 Å². The van der Waals surface area contributed by atoms with E-state index in [2.05, 4.69) is 11.9 Å². The summed E-state index contributed by atoms with van der Waals surface area (Å²) < 4.78 is 67.0. The average molecular weight is 541 g/mol. The number of alkyl halides is 3. The number of aromatic nitrogens is 2. The van der Waals surface area contributed by atoms with Crippen molar-refractivity contribution in [2.24, 2.45) is 11.8 Å². The van der Waals surface area contributed by atoms with Crippen molar-refractivity contribution in [2.75, 3.05) is 11.4 Å². The largest absolute Gasteiger partial charge is 0.391 e. The fourth-order valence-electron chi connectivity index (χ4n) is 5.60. The van der Waals surface area contributed by atoms with Gasteiger partial charge >= 0.3 is 6.18 Å². The van der Waals surface area contributed by atoms with Gasteiger partial charge in [-0.25, -0.2) is 18.1 Å². The lowest BCUT2D eigenvalue weighted by molar-refractivity contribution is -0.182. The smallest absolute Gasteiger partial charge is 0.351 e. The van der Waals surface area contributed by atoms with Gasteiger partial charge in [0, 0.05) is 29.9 Å². The number of rotatable bonds is 5. The Morgan fingerprint density at radius 1 is 1.16 bits per heavy atom. The molecule has 1 amide bonds. The molecule has 2 fully saturated rings. The molecule has 1 saturated carbocycles. The van der Waals surface area contributed by atoms with E-state index in [-0.39, 0.29) is 35.8 Å². The normalized spacial score (nSPS) is 24.2. The molecule has 1 aliphatic carbocycles. The van der Waals surface area contributed by atoms with Crippen LogP contribution in [0.5, 0.6) is 0 Å². The molecular weight excluding hydrogens is 509 g/mol. The molecule has 0 spiro atoms. The van der Waals surface area contributed by atoms with Gasteiger partial charge in [-0.1, -0.05) is 6.92 Å². The lowest BCUT2D eigenvalue weighted by Gasteiger charge is -2.35. The van der Waals surface area contributed by atoms with Gasteiger partial charge in [-0.3, -0.25) is 9.59 Å². The SMILES string of the molecule is C[C@@H]1CN(c2nc([C@H]3CC[C@@H](C(F)(F)F)CC3)ccc2C(=O)NS(=O)(=O)c2ccc[nH]c2=O)C(C)(C)C1. The molecule has 1 saturated heterocycles. The lowest BCUT2D eigenvalue weighted by atomic mass is 9.80. The summed E-state index contributed by atoms with van der Waals surface area (Å²) in [6, 6.07) is 5.50. The van der Waals surface area contributed by atoms with Gasteiger partial charge < -0.3 is 9.88 Å². The summed E-state index contributed by atoms with van der Waals surface area (Å²) >= 11 is 0. The Morgan fingerprint density at radius 3 is 2.41 bits per heavy atom. The molecule has 12 heteroatoms. The molecule has 202 valence electrons. The Labute approximate surface area is 213 Å². The second kappa shape index (κ2) is 9.77. The number of carbonyl (C=O) groups excluding carboxylic acids is 1. The number of amides is 1. The Morgan fingerprint density at radius 2 is 1.84 bits per heavy atom. The van der Waals surface area contributed by atoms with Crippen LogP contribution in [0.4, 0.5) is 19.0 Å². The molecule has 0 aromatic carbocycles. The van der Waals surface area contributed by atoms with Gasteiger partial charge in [0.25, 0.3) is 21.5 Å². The number of pyridine rings is 2. The third-order valence-electron chi connectivity index (χ3n) is 7.38. The van der Waals surface area contributed by atoms with Crippen LogP contribution >= 0.6 is 0 Å². The second-order valence-corrected chi connectivity index (χ2v) is 12.4. The fourth-order valence-corrected chi connectivity index (χ4v) is 6.62. The maximum atomic E-state index is 13.3. The van der Waals surface area contributed by atoms with Gasteiger partial charge in [0.2, 0.25) is 0 Å². The first-order chi connectivity index (χ1) is 17.2. The zero-order valence-corrected chi connectivity index (χ0v) is 21.7. The number of nitrogens with one attached hydrogen (secondary N) is 2. The van der Waals surface area contributed by atoms with Gasteiger partial charge in [-0.2, -0.15) is 13.2 Å². The molecule has 0 unspecified atom stereocenters. The van der Waals surface area contributed by atoms with Crippen molar-refractivity contribution in [3.05, 3.63) is 52.1 Å². The first-order valence-electron chi connectivity index (χ1n) is 12.3. The maximum absolute atomic E-state index is 13.3. The van der Waals surface area contributed by atoms with Crippen LogP contribution in [0.3, 0.4) is 0 Å². The average Bonchev–Trinajstić information content (AvgIpc) is 3.09. The Bertz CT molecular complexity index is 1330. The predicted molar refractivity (Wildman–Crippen MR) is 132 cm³/mol. The number of aromatic amines is 1. The summed E-state index contributed by atoms with van der Waals surface area (Å²) in [6.07, 6.45) is -1.43. The van der Waals surface area contributed by atoms with Gasteiger partial charge in [0.15, 0.2) is 4.90 Å². The summed E-state index contributed by atoms with van der Waals surface area (Å²) in [4.78, 5) is 33.7. The first-order valence-corrected chi connectivity index (χ1v) is 13.8. The highest BCUT2D eigenvalue weighted by Gasteiger charge is 2.43. The molecule has 37 heavy (non-hydrogen) atoms. The Kier molecular flexibility index (Phi) is 7.17. The number of hydrogen-bond donors (Lipinski definition) is 2. The molecule has 2 aliphatic rings. The summed E-state index contributed by atoms with van der Waals surface area (Å²) in [5, 5.41) is 0. The van der Waals surface area contributed by atoms with Gasteiger partial charge in [0.1, 0.15) is 5.82 Å². The number of H-pyrrole nitrogens is 1. The molecule has 4 rings (SSSR count). The van der Waals surface area contributed by atoms with Gasteiger partial charge in [0.05, 0.1) is 11.5 Å². The summed E-state index contributed by atoms with van der Waals surface area (Å²) in [5.41, 5.74) is -0.639. The van der Waals surface area contributed by atoms with Crippen LogP contribution in [0.25, 0.3) is 0 Å². The van der Waals surface area contributed by atoms with Gasteiger partial charge in [-0.15, -0.1) is 0 Å². The highest BCUT2D eigenvalue weighted by atomic mass is 32.2. The zero-order chi connectivity index (χ0) is 27.2. The second-order valence-electron chi connectivity index (χ2n) is 10.7. The van der Waals surface area contributed by atoms with E-state index in [0.29, 0.717) is 30.9 Å². The van der Waals surface area contributed by atoms with E-state index < -0.39 is 38.5 Å². The standard InChI is InChI=1S/C25H31F3N4O4S/c1-15-13-24(2,3)32(14-15)21-18(22(33)31-37(35,36)20-5-4-12-29-23(20)34)10-11-19(30-21)16-6-8-17(9-7-16)25(26,27)28/h4-5,10-12,15-17H,6-9,13-14H2,1-3H3,(H,29,34)(H,31,33)/t15-,16-,17+/m0/s1. The summed E-state index contributed by atoms with van der Waals surface area (Å²) in [5.74, 6) is -1.87. The van der Waals surface area contributed by atoms with Crippen molar-refractivity contribution in [3.63, 3.8) is 0 Å². The molecule has 2 aromatic rings.